The first-order valence-electron chi connectivity index (χ1n) is 23.2. The number of phenolic OH excluding ortho intramolecular Hbond substituents is 1. The first-order chi connectivity index (χ1) is 33.4. The van der Waals surface area contributed by atoms with E-state index in [1.165, 1.54) is 33.4 Å². The van der Waals surface area contributed by atoms with E-state index in [1.54, 1.807) is 6.07 Å². The van der Waals surface area contributed by atoms with E-state index in [0.29, 0.717) is 11.4 Å². The van der Waals surface area contributed by atoms with Crippen LogP contribution in [0.4, 0.5) is 0 Å². The molecule has 1 N–H and O–H groups in total. The molecule has 1 aliphatic rings. The number of para-hydroxylation sites is 3. The Hall–Kier alpha value is -7.91. The quantitative estimate of drug-likeness (QED) is 0.147. The summed E-state index contributed by atoms with van der Waals surface area (Å²) in [5.74, 6) is 0.792. The molecule has 4 nitrogen and oxygen atoms in total. The molecule has 0 aliphatic heterocycles. The largest absolute Gasteiger partial charge is 0.507 e. The zero-order valence-electron chi connectivity index (χ0n) is 38.1. The summed E-state index contributed by atoms with van der Waals surface area (Å²) in [5.41, 5.74) is 19.8. The molecule has 1 unspecified atom stereocenters. The van der Waals surface area contributed by atoms with Crippen LogP contribution in [0.3, 0.4) is 0 Å². The van der Waals surface area contributed by atoms with E-state index in [9.17, 15) is 5.11 Å². The van der Waals surface area contributed by atoms with Gasteiger partial charge in [-0.15, -0.1) is 17.7 Å². The SMILES string of the molecule is CC(C)(c1ccccc1)c1ccc(-c2ccnc(-c3[c-]c(-c4cccc5c4nc(-c4ccccc4O)n5-c4ccccc4-c4ccccc4)cc4c3C(c3ccccc3)c3ccccc3-4)c2)cc1.[Pt]. The summed E-state index contributed by atoms with van der Waals surface area (Å²) < 4.78 is 2.20. The Morgan fingerprint density at radius 1 is 0.522 bits per heavy atom. The van der Waals surface area contributed by atoms with E-state index in [2.05, 4.69) is 219 Å². The van der Waals surface area contributed by atoms with Crippen molar-refractivity contribution in [2.45, 2.75) is 25.2 Å². The average Bonchev–Trinajstić information content (AvgIpc) is 3.96. The Labute approximate surface area is 417 Å². The van der Waals surface area contributed by atoms with Crippen LogP contribution in [0, 0.1) is 6.07 Å². The molecule has 69 heavy (non-hydrogen) atoms. The van der Waals surface area contributed by atoms with Gasteiger partial charge in [-0.2, -0.15) is 0 Å². The van der Waals surface area contributed by atoms with Crippen LogP contribution < -0.4 is 0 Å². The van der Waals surface area contributed by atoms with Gasteiger partial charge in [-0.05, 0) is 74.8 Å². The fourth-order valence-electron chi connectivity index (χ4n) is 10.4. The van der Waals surface area contributed by atoms with Crippen molar-refractivity contribution in [3.05, 3.63) is 265 Å². The van der Waals surface area contributed by atoms with Gasteiger partial charge in [0.2, 0.25) is 0 Å². The number of phenols is 1. The fourth-order valence-corrected chi connectivity index (χ4v) is 10.4. The van der Waals surface area contributed by atoms with E-state index in [0.717, 1.165) is 66.9 Å². The third kappa shape index (κ3) is 7.62. The molecule has 11 aromatic rings. The van der Waals surface area contributed by atoms with Crippen molar-refractivity contribution in [1.82, 2.24) is 14.5 Å². The molecule has 0 saturated heterocycles. The van der Waals surface area contributed by atoms with Crippen molar-refractivity contribution in [3.63, 3.8) is 0 Å². The average molecular weight is 1070 g/mol. The van der Waals surface area contributed by atoms with Gasteiger partial charge in [0, 0.05) is 49.9 Å². The van der Waals surface area contributed by atoms with E-state index in [1.807, 2.05) is 30.5 Å². The van der Waals surface area contributed by atoms with Gasteiger partial charge in [-0.1, -0.05) is 224 Å². The molecule has 1 aliphatic carbocycles. The number of fused-ring (bicyclic) bond motifs is 4. The summed E-state index contributed by atoms with van der Waals surface area (Å²) in [6.45, 7) is 4.57. The second kappa shape index (κ2) is 18.0. The van der Waals surface area contributed by atoms with Crippen LogP contribution in [-0.4, -0.2) is 19.6 Å². The number of aromatic nitrogens is 3. The van der Waals surface area contributed by atoms with Crippen LogP contribution in [0.2, 0.25) is 0 Å². The minimum Gasteiger partial charge on any atom is -0.507 e. The molecule has 0 bridgehead atoms. The summed E-state index contributed by atoms with van der Waals surface area (Å²) in [6, 6.07) is 82.7. The van der Waals surface area contributed by atoms with Crippen molar-refractivity contribution < 1.29 is 26.2 Å². The molecule has 0 fully saturated rings. The number of imidazole rings is 1. The zero-order valence-corrected chi connectivity index (χ0v) is 40.4. The van der Waals surface area contributed by atoms with Crippen molar-refractivity contribution in [2.24, 2.45) is 0 Å². The molecule has 0 radical (unpaired) electrons. The number of rotatable bonds is 9. The number of benzene rings is 9. The van der Waals surface area contributed by atoms with Crippen LogP contribution in [0.25, 0.3) is 83.9 Å². The molecular weight excluding hydrogens is 1020 g/mol. The third-order valence-electron chi connectivity index (χ3n) is 13.9. The topological polar surface area (TPSA) is 50.9 Å². The van der Waals surface area contributed by atoms with E-state index >= 15 is 0 Å². The Bertz CT molecular complexity index is 3660. The molecule has 1 atom stereocenters. The predicted octanol–water partition coefficient (Wildman–Crippen LogP) is 15.7. The van der Waals surface area contributed by atoms with Gasteiger partial charge in [0.25, 0.3) is 0 Å². The van der Waals surface area contributed by atoms with Crippen LogP contribution in [0.5, 0.6) is 5.75 Å². The molecule has 2 heterocycles. The minimum absolute atomic E-state index is 0. The van der Waals surface area contributed by atoms with Gasteiger partial charge in [0.05, 0.1) is 22.3 Å². The van der Waals surface area contributed by atoms with E-state index in [-0.39, 0.29) is 38.1 Å². The number of aromatic hydroxyl groups is 1. The Kier molecular flexibility index (Phi) is 11.4. The first kappa shape index (κ1) is 43.6. The second-order valence-electron chi connectivity index (χ2n) is 18.2. The normalized spacial score (nSPS) is 12.9. The molecule has 9 aromatic carbocycles. The number of pyridine rings is 1. The summed E-state index contributed by atoms with van der Waals surface area (Å²) in [4.78, 5) is 10.7. The second-order valence-corrected chi connectivity index (χ2v) is 18.2. The molecule has 2 aromatic heterocycles. The Morgan fingerprint density at radius 2 is 1.14 bits per heavy atom. The van der Waals surface area contributed by atoms with Crippen LogP contribution in [0.15, 0.2) is 231 Å². The monoisotopic (exact) mass is 1070 g/mol. The van der Waals surface area contributed by atoms with Gasteiger partial charge < -0.3 is 5.11 Å². The van der Waals surface area contributed by atoms with E-state index in [4.69, 9.17) is 9.97 Å². The summed E-state index contributed by atoms with van der Waals surface area (Å²) >= 11 is 0. The molecule has 0 saturated carbocycles. The maximum atomic E-state index is 11.4. The standard InChI is InChI=1S/C64H46N3O.Pt/c1-64(2,47-23-10-5-11-24-47)48-35-33-42(34-36-48)45-37-38-65-56(41-45)55-40-46(39-54-51-26-12-13-27-52(51)60(61(54)55)44-21-8-4-9-22-44)50-29-18-31-58-62(50)66-63(53-28-15-17-32-59(53)68)67(58)57-30-16-14-25-49(57)43-19-6-3-7-20-43;/h3-39,41,60,68H,1-2H3;/q-1;. The predicted molar refractivity (Wildman–Crippen MR) is 278 cm³/mol. The number of nitrogens with zero attached hydrogens (tertiary/aromatic N) is 3. The number of hydrogen-bond acceptors (Lipinski definition) is 3. The number of hydrogen-bond donors (Lipinski definition) is 1. The van der Waals surface area contributed by atoms with Gasteiger partial charge >= 0.3 is 0 Å². The summed E-state index contributed by atoms with van der Waals surface area (Å²) in [6.07, 6.45) is 1.93. The Morgan fingerprint density at radius 3 is 1.90 bits per heavy atom. The first-order valence-corrected chi connectivity index (χ1v) is 23.2. The molecule has 12 rings (SSSR count). The smallest absolute Gasteiger partial charge is 0.148 e. The molecule has 0 amide bonds. The van der Waals surface area contributed by atoms with Gasteiger partial charge in [0.15, 0.2) is 0 Å². The van der Waals surface area contributed by atoms with Gasteiger partial charge in [0.1, 0.15) is 11.6 Å². The molecule has 334 valence electrons. The van der Waals surface area contributed by atoms with Crippen molar-refractivity contribution in [1.29, 1.82) is 0 Å². The summed E-state index contributed by atoms with van der Waals surface area (Å²) in [5, 5.41) is 11.4. The summed E-state index contributed by atoms with van der Waals surface area (Å²) in [7, 11) is 0. The zero-order chi connectivity index (χ0) is 45.8. The van der Waals surface area contributed by atoms with Crippen molar-refractivity contribution in [2.75, 3.05) is 0 Å². The minimum atomic E-state index is -0.146. The molecule has 0 spiro atoms. The molecule has 5 heteroatoms. The van der Waals surface area contributed by atoms with Gasteiger partial charge in [-0.3, -0.25) is 9.55 Å². The Balaban J connectivity index is 0.00000520. The maximum absolute atomic E-state index is 11.4. The van der Waals surface area contributed by atoms with Gasteiger partial charge in [-0.25, -0.2) is 4.98 Å². The van der Waals surface area contributed by atoms with Crippen LogP contribution >= 0.6 is 0 Å². The maximum Gasteiger partial charge on any atom is 0.148 e. The van der Waals surface area contributed by atoms with Crippen LogP contribution in [0.1, 0.15) is 47.6 Å². The molecular formula is C64H46N3OPt-. The third-order valence-corrected chi connectivity index (χ3v) is 13.9. The van der Waals surface area contributed by atoms with Crippen LogP contribution in [-0.2, 0) is 26.5 Å². The fraction of sp³-hybridized carbons (Fsp3) is 0.0625. The van der Waals surface area contributed by atoms with Crippen molar-refractivity contribution >= 4 is 11.0 Å². The van der Waals surface area contributed by atoms with E-state index < -0.39 is 0 Å². The van der Waals surface area contributed by atoms with Crippen molar-refractivity contribution in [3.8, 4) is 78.6 Å².